The summed E-state index contributed by atoms with van der Waals surface area (Å²) in [5.41, 5.74) is 1.07. The van der Waals surface area contributed by atoms with Gasteiger partial charge in [0, 0.05) is 5.41 Å². The molecular formula is C24H24F2N4O3. The van der Waals surface area contributed by atoms with E-state index in [1.165, 1.54) is 19.2 Å². The maximum absolute atomic E-state index is 14.0. The first kappa shape index (κ1) is 22.6. The summed E-state index contributed by atoms with van der Waals surface area (Å²) >= 11 is 0. The Bertz CT molecular complexity index is 1220. The van der Waals surface area contributed by atoms with Gasteiger partial charge in [0.15, 0.2) is 17.3 Å². The first-order valence-corrected chi connectivity index (χ1v) is 10.4. The third-order valence-electron chi connectivity index (χ3n) is 5.96. The second-order valence-electron chi connectivity index (χ2n) is 8.23. The summed E-state index contributed by atoms with van der Waals surface area (Å²) in [6.07, 6.45) is 3.14. The number of pyridine rings is 1. The van der Waals surface area contributed by atoms with E-state index in [1.807, 2.05) is 6.92 Å². The van der Waals surface area contributed by atoms with Gasteiger partial charge in [-0.1, -0.05) is 6.07 Å². The van der Waals surface area contributed by atoms with E-state index in [1.54, 1.807) is 32.2 Å². The molecule has 172 valence electrons. The second kappa shape index (κ2) is 8.73. The molecule has 1 saturated carbocycles. The van der Waals surface area contributed by atoms with Crippen LogP contribution >= 0.6 is 0 Å². The molecule has 3 aromatic rings. The van der Waals surface area contributed by atoms with Crippen molar-refractivity contribution >= 4 is 11.7 Å². The molecule has 0 unspecified atom stereocenters. The molecule has 0 aliphatic heterocycles. The Kier molecular flexibility index (Phi) is 5.97. The van der Waals surface area contributed by atoms with E-state index in [9.17, 15) is 13.6 Å². The van der Waals surface area contributed by atoms with Gasteiger partial charge in [-0.2, -0.15) is 0 Å². The van der Waals surface area contributed by atoms with Crippen molar-refractivity contribution in [1.29, 1.82) is 0 Å². The minimum absolute atomic E-state index is 0.0867. The highest BCUT2D eigenvalue weighted by atomic mass is 19.1. The Balaban J connectivity index is 1.61. The van der Waals surface area contributed by atoms with Gasteiger partial charge in [-0.05, 0) is 56.5 Å². The standard InChI is InChI=1S/C24H24F2N4O3/c1-13-7-22(28-10-19(13)26)30-23(31)17-9-24(17,16-5-6-18(25)20(8-16)32-4)12-33-21-11-27-15(3)29-14(21)2/h5-8,10-11,17H,9,12H2,1-4H3,(H,28,30,31)/t17-,24+/m0/s1. The molecular weight excluding hydrogens is 430 g/mol. The Morgan fingerprint density at radius 3 is 2.61 bits per heavy atom. The predicted molar refractivity (Wildman–Crippen MR) is 117 cm³/mol. The van der Waals surface area contributed by atoms with Crippen LogP contribution in [-0.4, -0.2) is 34.6 Å². The zero-order valence-electron chi connectivity index (χ0n) is 18.8. The number of benzene rings is 1. The first-order chi connectivity index (χ1) is 15.7. The molecule has 2 heterocycles. The van der Waals surface area contributed by atoms with Crippen molar-refractivity contribution in [1.82, 2.24) is 15.0 Å². The van der Waals surface area contributed by atoms with Gasteiger partial charge >= 0.3 is 0 Å². The van der Waals surface area contributed by atoms with Gasteiger partial charge in [0.25, 0.3) is 0 Å². The average molecular weight is 454 g/mol. The van der Waals surface area contributed by atoms with E-state index in [0.29, 0.717) is 29.3 Å². The summed E-state index contributed by atoms with van der Waals surface area (Å²) in [7, 11) is 1.39. The molecule has 1 N–H and O–H groups in total. The first-order valence-electron chi connectivity index (χ1n) is 10.4. The largest absolute Gasteiger partial charge is 0.494 e. The minimum atomic E-state index is -0.711. The van der Waals surface area contributed by atoms with Crippen molar-refractivity contribution in [2.75, 3.05) is 19.0 Å². The number of hydrogen-bond donors (Lipinski definition) is 1. The topological polar surface area (TPSA) is 86.2 Å². The fraction of sp³-hybridized carbons (Fsp3) is 0.333. The average Bonchev–Trinajstić information content (AvgIpc) is 3.52. The third kappa shape index (κ3) is 4.48. The quantitative estimate of drug-likeness (QED) is 0.580. The fourth-order valence-electron chi connectivity index (χ4n) is 3.92. The number of nitrogens with one attached hydrogen (secondary N) is 1. The van der Waals surface area contributed by atoms with Crippen LogP contribution in [0.15, 0.2) is 36.7 Å². The van der Waals surface area contributed by atoms with E-state index in [2.05, 4.69) is 20.3 Å². The summed E-state index contributed by atoms with van der Waals surface area (Å²) in [5, 5.41) is 2.75. The molecule has 7 nitrogen and oxygen atoms in total. The Hall–Kier alpha value is -3.62. The predicted octanol–water partition coefficient (Wildman–Crippen LogP) is 4.06. The maximum Gasteiger partial charge on any atom is 0.229 e. The number of aromatic nitrogens is 3. The molecule has 0 radical (unpaired) electrons. The van der Waals surface area contributed by atoms with Gasteiger partial charge in [0.1, 0.15) is 17.5 Å². The van der Waals surface area contributed by atoms with Crippen LogP contribution in [0.1, 0.15) is 29.1 Å². The van der Waals surface area contributed by atoms with Crippen LogP contribution in [0.25, 0.3) is 0 Å². The van der Waals surface area contributed by atoms with E-state index in [-0.39, 0.29) is 24.1 Å². The minimum Gasteiger partial charge on any atom is -0.494 e. The van der Waals surface area contributed by atoms with Gasteiger partial charge in [0.2, 0.25) is 5.91 Å². The SMILES string of the molecule is COc1cc([C@]2(COc3cnc(C)nc3C)C[C@H]2C(=O)Nc2cc(C)c(F)cn2)ccc1F. The third-order valence-corrected chi connectivity index (χ3v) is 5.96. The maximum atomic E-state index is 14.0. The van der Waals surface area contributed by atoms with Crippen molar-refractivity contribution in [3.05, 3.63) is 70.9 Å². The molecule has 0 spiro atoms. The number of anilines is 1. The number of hydrogen-bond acceptors (Lipinski definition) is 6. The van der Waals surface area contributed by atoms with Crippen LogP contribution in [0.3, 0.4) is 0 Å². The molecule has 1 aromatic carbocycles. The van der Waals surface area contributed by atoms with Gasteiger partial charge in [-0.3, -0.25) is 4.79 Å². The van der Waals surface area contributed by atoms with E-state index < -0.39 is 23.0 Å². The van der Waals surface area contributed by atoms with Gasteiger partial charge in [-0.25, -0.2) is 23.7 Å². The lowest BCUT2D eigenvalue weighted by Gasteiger charge is -2.20. The van der Waals surface area contributed by atoms with Gasteiger partial charge < -0.3 is 14.8 Å². The lowest BCUT2D eigenvalue weighted by molar-refractivity contribution is -0.117. The van der Waals surface area contributed by atoms with Crippen LogP contribution < -0.4 is 14.8 Å². The zero-order chi connectivity index (χ0) is 23.8. The number of aryl methyl sites for hydroxylation is 3. The molecule has 4 rings (SSSR count). The number of ether oxygens (including phenoxy) is 2. The van der Waals surface area contributed by atoms with Crippen LogP contribution in [0.4, 0.5) is 14.6 Å². The number of rotatable bonds is 7. The summed E-state index contributed by atoms with van der Waals surface area (Å²) in [5.74, 6) is -0.198. The molecule has 1 amide bonds. The lowest BCUT2D eigenvalue weighted by Crippen LogP contribution is -2.27. The molecule has 1 fully saturated rings. The molecule has 0 bridgehead atoms. The van der Waals surface area contributed by atoms with Crippen molar-refractivity contribution in [2.45, 2.75) is 32.6 Å². The smallest absolute Gasteiger partial charge is 0.229 e. The molecule has 1 aliphatic rings. The highest BCUT2D eigenvalue weighted by Crippen LogP contribution is 2.55. The summed E-state index contributed by atoms with van der Waals surface area (Å²) in [6, 6.07) is 6.01. The van der Waals surface area contributed by atoms with Crippen molar-refractivity contribution < 1.29 is 23.0 Å². The summed E-state index contributed by atoms with van der Waals surface area (Å²) in [6.45, 7) is 5.36. The Labute approximate surface area is 190 Å². The van der Waals surface area contributed by atoms with Crippen LogP contribution in [0.2, 0.25) is 0 Å². The molecule has 9 heteroatoms. The number of carbonyl (C=O) groups excluding carboxylic acids is 1. The Morgan fingerprint density at radius 2 is 1.91 bits per heavy atom. The van der Waals surface area contributed by atoms with E-state index in [4.69, 9.17) is 9.47 Å². The van der Waals surface area contributed by atoms with Crippen molar-refractivity contribution in [3.8, 4) is 11.5 Å². The zero-order valence-corrected chi connectivity index (χ0v) is 18.8. The van der Waals surface area contributed by atoms with Crippen LogP contribution in [0, 0.1) is 38.3 Å². The highest BCUT2D eigenvalue weighted by Gasteiger charge is 2.60. The number of halogens is 2. The van der Waals surface area contributed by atoms with E-state index >= 15 is 0 Å². The number of amides is 1. The summed E-state index contributed by atoms with van der Waals surface area (Å²) < 4.78 is 38.7. The molecule has 1 aliphatic carbocycles. The monoisotopic (exact) mass is 454 g/mol. The summed E-state index contributed by atoms with van der Waals surface area (Å²) in [4.78, 5) is 25.5. The highest BCUT2D eigenvalue weighted by molar-refractivity contribution is 5.95. The normalized spacial score (nSPS) is 19.2. The fourth-order valence-corrected chi connectivity index (χ4v) is 3.92. The lowest BCUT2D eigenvalue weighted by atomic mass is 9.93. The van der Waals surface area contributed by atoms with Crippen molar-refractivity contribution in [3.63, 3.8) is 0 Å². The van der Waals surface area contributed by atoms with Crippen LogP contribution in [0.5, 0.6) is 11.5 Å². The molecule has 0 saturated heterocycles. The molecule has 2 aromatic heterocycles. The Morgan fingerprint density at radius 1 is 1.12 bits per heavy atom. The number of carbonyl (C=O) groups is 1. The van der Waals surface area contributed by atoms with Crippen LogP contribution in [-0.2, 0) is 10.2 Å². The van der Waals surface area contributed by atoms with E-state index in [0.717, 1.165) is 11.8 Å². The van der Waals surface area contributed by atoms with Gasteiger partial charge in [0.05, 0.1) is 37.7 Å². The van der Waals surface area contributed by atoms with Crippen molar-refractivity contribution in [2.24, 2.45) is 5.92 Å². The number of nitrogens with zero attached hydrogens (tertiary/aromatic N) is 3. The molecule has 2 atom stereocenters. The number of methoxy groups -OCH3 is 1. The van der Waals surface area contributed by atoms with Gasteiger partial charge in [-0.15, -0.1) is 0 Å². The second-order valence-corrected chi connectivity index (χ2v) is 8.23. The molecule has 33 heavy (non-hydrogen) atoms.